The molecule has 0 aliphatic carbocycles. The number of aromatic nitrogens is 2. The molecule has 1 aliphatic heterocycles. The maximum atomic E-state index is 12.6. The Balaban J connectivity index is 1.48. The van der Waals surface area contributed by atoms with Gasteiger partial charge in [0.1, 0.15) is 0 Å². The van der Waals surface area contributed by atoms with E-state index < -0.39 is 22.4 Å². The number of sulfone groups is 1. The molecule has 1 saturated heterocycles. The minimum atomic E-state index is -3.12. The number of rotatable bonds is 10. The Labute approximate surface area is 192 Å². The Kier molecular flexibility index (Phi) is 8.25. The number of ether oxygens (including phenoxy) is 1. The second-order valence-corrected chi connectivity index (χ2v) is 10.3. The summed E-state index contributed by atoms with van der Waals surface area (Å²) in [5, 5.41) is 4.48. The SMILES string of the molecule is CCCCN(C(=O)COC(=O)CCc1nc(-c2ccc(Cl)cc2)no1)C1CCS(=O)(=O)C1. The summed E-state index contributed by atoms with van der Waals surface area (Å²) in [5.74, 6) is -0.243. The number of esters is 1. The average molecular weight is 484 g/mol. The summed E-state index contributed by atoms with van der Waals surface area (Å²) in [4.78, 5) is 30.5. The van der Waals surface area contributed by atoms with E-state index >= 15 is 0 Å². The normalized spacial score (nSPS) is 17.2. The minimum Gasteiger partial charge on any atom is -0.456 e. The third kappa shape index (κ3) is 6.77. The molecule has 1 aliphatic rings. The van der Waals surface area contributed by atoms with Crippen molar-refractivity contribution in [1.82, 2.24) is 15.0 Å². The van der Waals surface area contributed by atoms with E-state index in [1.807, 2.05) is 6.92 Å². The van der Waals surface area contributed by atoms with Crippen molar-refractivity contribution < 1.29 is 27.3 Å². The molecule has 0 bridgehead atoms. The van der Waals surface area contributed by atoms with Crippen molar-refractivity contribution in [2.24, 2.45) is 0 Å². The molecule has 32 heavy (non-hydrogen) atoms. The molecule has 1 aromatic heterocycles. The van der Waals surface area contributed by atoms with Crippen LogP contribution in [0.1, 0.15) is 38.5 Å². The smallest absolute Gasteiger partial charge is 0.306 e. The first-order valence-electron chi connectivity index (χ1n) is 10.5. The lowest BCUT2D eigenvalue weighted by Crippen LogP contribution is -2.43. The molecule has 1 fully saturated rings. The molecular weight excluding hydrogens is 458 g/mol. The van der Waals surface area contributed by atoms with Gasteiger partial charge < -0.3 is 14.2 Å². The summed E-state index contributed by atoms with van der Waals surface area (Å²) in [5.41, 5.74) is 0.735. The molecule has 0 saturated carbocycles. The molecule has 2 aromatic rings. The molecule has 1 atom stereocenters. The maximum absolute atomic E-state index is 12.6. The number of carbonyl (C=O) groups is 2. The molecule has 2 heterocycles. The summed E-state index contributed by atoms with van der Waals surface area (Å²) in [6, 6.07) is 6.59. The van der Waals surface area contributed by atoms with Gasteiger partial charge in [-0.2, -0.15) is 4.98 Å². The van der Waals surface area contributed by atoms with Gasteiger partial charge in [-0.05, 0) is 37.1 Å². The number of unbranched alkanes of at least 4 members (excludes halogenated alkanes) is 1. The fourth-order valence-corrected chi connectivity index (χ4v) is 5.30. The predicted molar refractivity (Wildman–Crippen MR) is 118 cm³/mol. The van der Waals surface area contributed by atoms with Crippen LogP contribution in [0.4, 0.5) is 0 Å². The number of hydrogen-bond donors (Lipinski definition) is 0. The first-order chi connectivity index (χ1) is 15.3. The number of halogens is 1. The number of hydrogen-bond acceptors (Lipinski definition) is 8. The first kappa shape index (κ1) is 24.2. The van der Waals surface area contributed by atoms with E-state index in [2.05, 4.69) is 10.1 Å². The number of amides is 1. The predicted octanol–water partition coefficient (Wildman–Crippen LogP) is 2.68. The third-order valence-electron chi connectivity index (χ3n) is 5.19. The summed E-state index contributed by atoms with van der Waals surface area (Å²) >= 11 is 5.87. The van der Waals surface area contributed by atoms with Gasteiger partial charge in [-0.25, -0.2) is 8.42 Å². The molecule has 174 valence electrons. The topological polar surface area (TPSA) is 120 Å². The standard InChI is InChI=1S/C21H26ClN3O6S/c1-2-3-11-25(17-10-12-32(28,29)14-17)19(26)13-30-20(27)9-8-18-23-21(24-31-18)15-4-6-16(22)7-5-15/h4-7,17H,2-3,8-14H2,1H3. The van der Waals surface area contributed by atoms with E-state index in [1.165, 1.54) is 4.90 Å². The van der Waals surface area contributed by atoms with Crippen molar-refractivity contribution in [3.8, 4) is 11.4 Å². The Morgan fingerprint density at radius 2 is 2.03 bits per heavy atom. The van der Waals surface area contributed by atoms with Crippen molar-refractivity contribution in [1.29, 1.82) is 0 Å². The van der Waals surface area contributed by atoms with Crippen LogP contribution in [-0.4, -0.2) is 66.0 Å². The van der Waals surface area contributed by atoms with E-state index in [0.717, 1.165) is 18.4 Å². The lowest BCUT2D eigenvalue weighted by atomic mass is 10.2. The molecule has 0 radical (unpaired) electrons. The zero-order chi connectivity index (χ0) is 23.1. The Morgan fingerprint density at radius 1 is 1.28 bits per heavy atom. The van der Waals surface area contributed by atoms with Crippen LogP contribution in [0.3, 0.4) is 0 Å². The van der Waals surface area contributed by atoms with Gasteiger partial charge in [0.15, 0.2) is 16.4 Å². The summed E-state index contributed by atoms with van der Waals surface area (Å²) in [6.07, 6.45) is 2.18. The van der Waals surface area contributed by atoms with Crippen LogP contribution >= 0.6 is 11.6 Å². The molecule has 1 aromatic carbocycles. The molecule has 1 unspecified atom stereocenters. The zero-order valence-corrected chi connectivity index (χ0v) is 19.4. The molecule has 1 amide bonds. The lowest BCUT2D eigenvalue weighted by molar-refractivity contribution is -0.152. The molecule has 0 spiro atoms. The molecular formula is C21H26ClN3O6S. The minimum absolute atomic E-state index is 0.0255. The second kappa shape index (κ2) is 10.9. The average Bonchev–Trinajstić information content (AvgIpc) is 3.38. The third-order valence-corrected chi connectivity index (χ3v) is 7.19. The highest BCUT2D eigenvalue weighted by Crippen LogP contribution is 2.20. The number of benzene rings is 1. The van der Waals surface area contributed by atoms with Gasteiger partial charge in [0.25, 0.3) is 5.91 Å². The highest BCUT2D eigenvalue weighted by atomic mass is 35.5. The van der Waals surface area contributed by atoms with Gasteiger partial charge in [-0.15, -0.1) is 0 Å². The summed E-state index contributed by atoms with van der Waals surface area (Å²) in [6.45, 7) is 2.02. The van der Waals surface area contributed by atoms with E-state index in [-0.39, 0.29) is 42.2 Å². The van der Waals surface area contributed by atoms with E-state index in [1.54, 1.807) is 24.3 Å². The van der Waals surface area contributed by atoms with Gasteiger partial charge in [-0.3, -0.25) is 9.59 Å². The lowest BCUT2D eigenvalue weighted by Gasteiger charge is -2.28. The van der Waals surface area contributed by atoms with E-state index in [0.29, 0.717) is 23.8 Å². The monoisotopic (exact) mass is 483 g/mol. The maximum Gasteiger partial charge on any atom is 0.306 e. The van der Waals surface area contributed by atoms with Crippen LogP contribution in [0.15, 0.2) is 28.8 Å². The fourth-order valence-electron chi connectivity index (χ4n) is 3.44. The van der Waals surface area contributed by atoms with E-state index in [9.17, 15) is 18.0 Å². The Morgan fingerprint density at radius 3 is 2.69 bits per heavy atom. The van der Waals surface area contributed by atoms with Gasteiger partial charge >= 0.3 is 5.97 Å². The van der Waals surface area contributed by atoms with Crippen LogP contribution in [-0.2, 0) is 30.6 Å². The van der Waals surface area contributed by atoms with Crippen LogP contribution in [0.2, 0.25) is 5.02 Å². The van der Waals surface area contributed by atoms with Crippen LogP contribution in [0, 0.1) is 0 Å². The number of aryl methyl sites for hydroxylation is 1. The molecule has 11 heteroatoms. The van der Waals surface area contributed by atoms with Crippen molar-refractivity contribution in [2.45, 2.75) is 45.1 Å². The van der Waals surface area contributed by atoms with Crippen LogP contribution < -0.4 is 0 Å². The molecule has 9 nitrogen and oxygen atoms in total. The fraction of sp³-hybridized carbons (Fsp3) is 0.524. The van der Waals surface area contributed by atoms with Gasteiger partial charge in [0.05, 0.1) is 17.9 Å². The summed E-state index contributed by atoms with van der Waals surface area (Å²) < 4.78 is 33.9. The quantitative estimate of drug-likeness (QED) is 0.473. The number of carbonyl (C=O) groups excluding carboxylic acids is 2. The van der Waals surface area contributed by atoms with E-state index in [4.69, 9.17) is 20.9 Å². The summed E-state index contributed by atoms with van der Waals surface area (Å²) in [7, 11) is -3.12. The second-order valence-electron chi connectivity index (χ2n) is 7.68. The number of nitrogens with zero attached hydrogens (tertiary/aromatic N) is 3. The van der Waals surface area contributed by atoms with Gasteiger partial charge in [-0.1, -0.05) is 30.1 Å². The van der Waals surface area contributed by atoms with Crippen molar-refractivity contribution in [3.05, 3.63) is 35.2 Å². The molecule has 3 rings (SSSR count). The first-order valence-corrected chi connectivity index (χ1v) is 12.7. The molecule has 0 N–H and O–H groups in total. The largest absolute Gasteiger partial charge is 0.456 e. The Bertz CT molecular complexity index is 1040. The van der Waals surface area contributed by atoms with Gasteiger partial charge in [0.2, 0.25) is 11.7 Å². The van der Waals surface area contributed by atoms with Crippen molar-refractivity contribution in [2.75, 3.05) is 24.7 Å². The van der Waals surface area contributed by atoms with Crippen molar-refractivity contribution in [3.63, 3.8) is 0 Å². The van der Waals surface area contributed by atoms with Crippen molar-refractivity contribution >= 4 is 33.3 Å². The van der Waals surface area contributed by atoms with Crippen LogP contribution in [0.25, 0.3) is 11.4 Å². The van der Waals surface area contributed by atoms with Crippen LogP contribution in [0.5, 0.6) is 0 Å². The zero-order valence-electron chi connectivity index (χ0n) is 17.8. The van der Waals surface area contributed by atoms with Gasteiger partial charge in [0, 0.05) is 29.6 Å². The Hall–Kier alpha value is -2.46. The highest BCUT2D eigenvalue weighted by molar-refractivity contribution is 7.91. The highest BCUT2D eigenvalue weighted by Gasteiger charge is 2.34.